The third-order valence-electron chi connectivity index (χ3n) is 3.48. The first kappa shape index (κ1) is 13.1. The first-order valence-electron chi connectivity index (χ1n) is 6.67. The highest BCUT2D eigenvalue weighted by atomic mass is 16.1. The normalized spacial score (nSPS) is 23.7. The van der Waals surface area contributed by atoms with Crippen LogP contribution in [0.2, 0.25) is 0 Å². The maximum Gasteiger partial charge on any atom is 0.227 e. The van der Waals surface area contributed by atoms with Crippen LogP contribution < -0.4 is 10.6 Å². The topological polar surface area (TPSA) is 41.1 Å². The summed E-state index contributed by atoms with van der Waals surface area (Å²) in [7, 11) is 0. The molecule has 0 unspecified atom stereocenters. The molecule has 0 spiro atoms. The fourth-order valence-corrected chi connectivity index (χ4v) is 2.66. The number of nitrogens with one attached hydrogen (secondary N) is 2. The van der Waals surface area contributed by atoms with E-state index in [0.717, 1.165) is 25.1 Å². The summed E-state index contributed by atoms with van der Waals surface area (Å²) < 4.78 is 0. The fourth-order valence-electron chi connectivity index (χ4n) is 2.66. The van der Waals surface area contributed by atoms with E-state index < -0.39 is 0 Å². The van der Waals surface area contributed by atoms with Gasteiger partial charge in [-0.2, -0.15) is 0 Å². The van der Waals surface area contributed by atoms with Crippen molar-refractivity contribution in [3.63, 3.8) is 0 Å². The molecule has 1 aromatic carbocycles. The van der Waals surface area contributed by atoms with Crippen LogP contribution in [-0.4, -0.2) is 18.5 Å². The van der Waals surface area contributed by atoms with Crippen molar-refractivity contribution in [3.8, 4) is 0 Å². The number of anilines is 1. The van der Waals surface area contributed by atoms with E-state index in [-0.39, 0.29) is 11.8 Å². The molecule has 2 atom stereocenters. The van der Waals surface area contributed by atoms with E-state index in [2.05, 4.69) is 37.5 Å². The van der Waals surface area contributed by atoms with Gasteiger partial charge in [-0.25, -0.2) is 0 Å². The molecule has 0 radical (unpaired) electrons. The molecule has 0 aliphatic carbocycles. The van der Waals surface area contributed by atoms with Crippen molar-refractivity contribution in [2.75, 3.05) is 11.9 Å². The van der Waals surface area contributed by atoms with E-state index >= 15 is 0 Å². The summed E-state index contributed by atoms with van der Waals surface area (Å²) in [4.78, 5) is 12.2. The lowest BCUT2D eigenvalue weighted by Crippen LogP contribution is -2.40. The fraction of sp³-hybridized carbons (Fsp3) is 0.533. The molecule has 18 heavy (non-hydrogen) atoms. The Morgan fingerprint density at radius 1 is 1.28 bits per heavy atom. The monoisotopic (exact) mass is 246 g/mol. The number of carbonyl (C=O) groups is 1. The van der Waals surface area contributed by atoms with E-state index in [1.165, 1.54) is 11.1 Å². The van der Waals surface area contributed by atoms with Gasteiger partial charge in [-0.15, -0.1) is 0 Å². The number of hydrogen-bond donors (Lipinski definition) is 2. The highest BCUT2D eigenvalue weighted by Gasteiger charge is 2.24. The standard InChI is InChI=1S/C15H22N2O/c1-10-6-11(2)8-14(7-10)17-15(18)13-4-5-16-12(3)9-13/h6-8,12-13,16H,4-5,9H2,1-3H3,(H,17,18)/t12-,13-/m0/s1. The zero-order valence-corrected chi connectivity index (χ0v) is 11.4. The van der Waals surface area contributed by atoms with Crippen LogP contribution in [-0.2, 0) is 4.79 Å². The summed E-state index contributed by atoms with van der Waals surface area (Å²) in [6.45, 7) is 7.17. The molecule has 1 aliphatic rings. The first-order valence-corrected chi connectivity index (χ1v) is 6.67. The average Bonchev–Trinajstić information content (AvgIpc) is 2.27. The van der Waals surface area contributed by atoms with Gasteiger partial charge < -0.3 is 10.6 Å². The van der Waals surface area contributed by atoms with Crippen molar-refractivity contribution in [2.24, 2.45) is 5.92 Å². The molecule has 1 fully saturated rings. The Morgan fingerprint density at radius 2 is 1.94 bits per heavy atom. The van der Waals surface area contributed by atoms with Crippen LogP contribution in [0.3, 0.4) is 0 Å². The van der Waals surface area contributed by atoms with Gasteiger partial charge in [0.05, 0.1) is 0 Å². The molecule has 1 aliphatic heterocycles. The quantitative estimate of drug-likeness (QED) is 0.842. The molecule has 1 saturated heterocycles. The van der Waals surface area contributed by atoms with Crippen LogP contribution in [0.15, 0.2) is 18.2 Å². The van der Waals surface area contributed by atoms with Gasteiger partial charge in [0.1, 0.15) is 0 Å². The number of benzene rings is 1. The summed E-state index contributed by atoms with van der Waals surface area (Å²) in [5, 5.41) is 6.42. The third kappa shape index (κ3) is 3.33. The van der Waals surface area contributed by atoms with Crippen LogP contribution in [0, 0.1) is 19.8 Å². The number of aryl methyl sites for hydroxylation is 2. The molecular weight excluding hydrogens is 224 g/mol. The maximum absolute atomic E-state index is 12.2. The Kier molecular flexibility index (Phi) is 4.02. The number of rotatable bonds is 2. The Labute approximate surface area is 109 Å². The van der Waals surface area contributed by atoms with Crippen molar-refractivity contribution in [1.29, 1.82) is 0 Å². The van der Waals surface area contributed by atoms with Crippen molar-refractivity contribution in [1.82, 2.24) is 5.32 Å². The third-order valence-corrected chi connectivity index (χ3v) is 3.48. The molecule has 3 heteroatoms. The Balaban J connectivity index is 2.02. The van der Waals surface area contributed by atoms with E-state index in [9.17, 15) is 4.79 Å². The second-order valence-corrected chi connectivity index (χ2v) is 5.44. The van der Waals surface area contributed by atoms with Gasteiger partial charge in [-0.05, 0) is 63.4 Å². The molecule has 1 heterocycles. The molecule has 1 amide bonds. The summed E-state index contributed by atoms with van der Waals surface area (Å²) in [6.07, 6.45) is 1.86. The lowest BCUT2D eigenvalue weighted by atomic mass is 9.92. The van der Waals surface area contributed by atoms with Gasteiger partial charge in [0.2, 0.25) is 5.91 Å². The van der Waals surface area contributed by atoms with Gasteiger partial charge in [-0.3, -0.25) is 4.79 Å². The molecule has 3 nitrogen and oxygen atoms in total. The molecule has 2 rings (SSSR count). The predicted molar refractivity (Wildman–Crippen MR) is 74.7 cm³/mol. The number of amides is 1. The van der Waals surface area contributed by atoms with Gasteiger partial charge in [0.25, 0.3) is 0 Å². The lowest BCUT2D eigenvalue weighted by Gasteiger charge is -2.27. The maximum atomic E-state index is 12.2. The first-order chi connectivity index (χ1) is 8.54. The second-order valence-electron chi connectivity index (χ2n) is 5.44. The van der Waals surface area contributed by atoms with Crippen LogP contribution in [0.25, 0.3) is 0 Å². The highest BCUT2D eigenvalue weighted by molar-refractivity contribution is 5.92. The molecule has 1 aromatic rings. The molecule has 0 bridgehead atoms. The largest absolute Gasteiger partial charge is 0.326 e. The molecular formula is C15H22N2O. The molecule has 2 N–H and O–H groups in total. The van der Waals surface area contributed by atoms with Crippen molar-refractivity contribution < 1.29 is 4.79 Å². The number of piperidine rings is 1. The predicted octanol–water partition coefficient (Wildman–Crippen LogP) is 2.63. The summed E-state index contributed by atoms with van der Waals surface area (Å²) in [5.74, 6) is 0.301. The van der Waals surface area contributed by atoms with Crippen molar-refractivity contribution in [3.05, 3.63) is 29.3 Å². The van der Waals surface area contributed by atoms with Crippen LogP contribution in [0.1, 0.15) is 30.9 Å². The van der Waals surface area contributed by atoms with E-state index in [4.69, 9.17) is 0 Å². The minimum atomic E-state index is 0.141. The smallest absolute Gasteiger partial charge is 0.227 e. The average molecular weight is 246 g/mol. The van der Waals surface area contributed by atoms with E-state index in [0.29, 0.717) is 6.04 Å². The zero-order chi connectivity index (χ0) is 13.1. The number of hydrogen-bond acceptors (Lipinski definition) is 2. The van der Waals surface area contributed by atoms with Crippen molar-refractivity contribution in [2.45, 2.75) is 39.7 Å². The van der Waals surface area contributed by atoms with E-state index in [1.54, 1.807) is 0 Å². The number of carbonyl (C=O) groups excluding carboxylic acids is 1. The minimum absolute atomic E-state index is 0.141. The van der Waals surface area contributed by atoms with Gasteiger partial charge >= 0.3 is 0 Å². The van der Waals surface area contributed by atoms with Crippen LogP contribution in [0.4, 0.5) is 5.69 Å². The van der Waals surface area contributed by atoms with Gasteiger partial charge in [0, 0.05) is 17.6 Å². The Morgan fingerprint density at radius 3 is 2.56 bits per heavy atom. The SMILES string of the molecule is Cc1cc(C)cc(NC(=O)[C@H]2CCN[C@@H](C)C2)c1. The molecule has 0 aromatic heterocycles. The van der Waals surface area contributed by atoms with Crippen LogP contribution in [0.5, 0.6) is 0 Å². The van der Waals surface area contributed by atoms with Gasteiger partial charge in [-0.1, -0.05) is 6.07 Å². The van der Waals surface area contributed by atoms with E-state index in [1.807, 2.05) is 12.1 Å². The summed E-state index contributed by atoms with van der Waals surface area (Å²) in [5.41, 5.74) is 3.29. The summed E-state index contributed by atoms with van der Waals surface area (Å²) >= 11 is 0. The minimum Gasteiger partial charge on any atom is -0.326 e. The van der Waals surface area contributed by atoms with Crippen LogP contribution >= 0.6 is 0 Å². The lowest BCUT2D eigenvalue weighted by molar-refractivity contribution is -0.120. The Hall–Kier alpha value is -1.35. The van der Waals surface area contributed by atoms with Crippen molar-refractivity contribution >= 4 is 11.6 Å². The van der Waals surface area contributed by atoms with Gasteiger partial charge in [0.15, 0.2) is 0 Å². The Bertz CT molecular complexity index is 422. The summed E-state index contributed by atoms with van der Waals surface area (Å²) in [6, 6.07) is 6.60. The molecule has 0 saturated carbocycles. The highest BCUT2D eigenvalue weighted by Crippen LogP contribution is 2.20. The molecule has 98 valence electrons. The second kappa shape index (κ2) is 5.53. The zero-order valence-electron chi connectivity index (χ0n) is 11.4.